The quantitative estimate of drug-likeness (QED) is 0.650. The number of carbonyl (C=O) groups is 1. The normalized spacial score (nSPS) is 10.0. The fourth-order valence-corrected chi connectivity index (χ4v) is 2.34. The van der Waals surface area contributed by atoms with E-state index in [9.17, 15) is 9.59 Å². The molecule has 1 heterocycles. The summed E-state index contributed by atoms with van der Waals surface area (Å²) in [5.74, 6) is 3.54. The highest BCUT2D eigenvalue weighted by Crippen LogP contribution is 2.40. The fraction of sp³-hybridized carbons (Fsp3) is 0.333. The van der Waals surface area contributed by atoms with E-state index < -0.39 is 5.56 Å². The van der Waals surface area contributed by atoms with E-state index in [1.165, 1.54) is 21.3 Å². The zero-order chi connectivity index (χ0) is 19.8. The molecule has 1 aromatic carbocycles. The Balaban J connectivity index is 2.26. The molecule has 0 radical (unpaired) electrons. The maximum absolute atomic E-state index is 12.3. The van der Waals surface area contributed by atoms with Crippen molar-refractivity contribution < 1.29 is 19.0 Å². The number of H-pyrrole nitrogens is 1. The molecule has 9 heteroatoms. The summed E-state index contributed by atoms with van der Waals surface area (Å²) in [6, 6.07) is 3.29. The van der Waals surface area contributed by atoms with Gasteiger partial charge in [-0.3, -0.25) is 9.59 Å². The summed E-state index contributed by atoms with van der Waals surface area (Å²) in [7, 11) is 4.48. The summed E-state index contributed by atoms with van der Waals surface area (Å²) in [4.78, 5) is 26.5. The first-order chi connectivity index (χ1) is 13.0. The van der Waals surface area contributed by atoms with E-state index >= 15 is 0 Å². The molecule has 0 aliphatic carbocycles. The predicted molar refractivity (Wildman–Crippen MR) is 97.9 cm³/mol. The van der Waals surface area contributed by atoms with E-state index in [4.69, 9.17) is 20.6 Å². The average molecular weight is 372 g/mol. The van der Waals surface area contributed by atoms with Gasteiger partial charge in [0, 0.05) is 18.4 Å². The Bertz CT molecular complexity index is 892. The molecular formula is C18H20N4O5. The molecule has 0 spiro atoms. The molecule has 0 fully saturated rings. The highest BCUT2D eigenvalue weighted by Gasteiger charge is 2.16. The van der Waals surface area contributed by atoms with Gasteiger partial charge in [0.2, 0.25) is 11.7 Å². The third kappa shape index (κ3) is 4.76. The van der Waals surface area contributed by atoms with Gasteiger partial charge in [-0.1, -0.05) is 5.92 Å². The van der Waals surface area contributed by atoms with Crippen molar-refractivity contribution in [1.29, 1.82) is 0 Å². The fourth-order valence-electron chi connectivity index (χ4n) is 2.34. The van der Waals surface area contributed by atoms with Crippen LogP contribution < -0.4 is 25.1 Å². The summed E-state index contributed by atoms with van der Waals surface area (Å²) in [6.45, 7) is 0.140. The summed E-state index contributed by atoms with van der Waals surface area (Å²) in [6.07, 6.45) is 5.31. The number of aromatic amines is 1. The Kier molecular flexibility index (Phi) is 6.77. The first-order valence-corrected chi connectivity index (χ1v) is 8.00. The monoisotopic (exact) mass is 372 g/mol. The van der Waals surface area contributed by atoms with Crippen molar-refractivity contribution in [3.05, 3.63) is 28.2 Å². The zero-order valence-electron chi connectivity index (χ0n) is 15.3. The van der Waals surface area contributed by atoms with Crippen molar-refractivity contribution in [2.24, 2.45) is 0 Å². The molecule has 2 rings (SSSR count). The van der Waals surface area contributed by atoms with E-state index in [2.05, 4.69) is 26.4 Å². The van der Waals surface area contributed by atoms with Crippen LogP contribution in [0.5, 0.6) is 17.2 Å². The minimum absolute atomic E-state index is 0.0863. The molecule has 9 nitrogen and oxygen atoms in total. The lowest BCUT2D eigenvalue weighted by atomic mass is 10.1. The summed E-state index contributed by atoms with van der Waals surface area (Å²) in [5, 5.41) is 10.5. The molecule has 0 saturated heterocycles. The summed E-state index contributed by atoms with van der Waals surface area (Å²) >= 11 is 0. The summed E-state index contributed by atoms with van der Waals surface area (Å²) < 4.78 is 15.8. The minimum atomic E-state index is -0.432. The number of terminal acetylenes is 1. The van der Waals surface area contributed by atoms with Crippen LogP contribution in [0.15, 0.2) is 16.9 Å². The molecule has 0 saturated carbocycles. The molecule has 1 amide bonds. The SMILES string of the molecule is C#CCNC(=O)CCc1nnc(-c2cc(OC)c(OC)c(OC)c2)[nH]c1=O. The lowest BCUT2D eigenvalue weighted by Crippen LogP contribution is -2.25. The topological polar surface area (TPSA) is 115 Å². The van der Waals surface area contributed by atoms with Crippen molar-refractivity contribution in [2.75, 3.05) is 27.9 Å². The number of benzene rings is 1. The van der Waals surface area contributed by atoms with Crippen LogP contribution in [0.4, 0.5) is 0 Å². The molecule has 0 bridgehead atoms. The maximum Gasteiger partial charge on any atom is 0.273 e. The summed E-state index contributed by atoms with van der Waals surface area (Å²) in [5.41, 5.74) is 0.257. The Morgan fingerprint density at radius 2 is 1.85 bits per heavy atom. The molecule has 0 atom stereocenters. The van der Waals surface area contributed by atoms with E-state index in [0.29, 0.717) is 22.8 Å². The lowest BCUT2D eigenvalue weighted by Gasteiger charge is -2.13. The van der Waals surface area contributed by atoms with Crippen LogP contribution in [0.1, 0.15) is 12.1 Å². The van der Waals surface area contributed by atoms with Gasteiger partial charge >= 0.3 is 0 Å². The third-order valence-corrected chi connectivity index (χ3v) is 3.68. The number of nitrogens with one attached hydrogen (secondary N) is 2. The van der Waals surface area contributed by atoms with Crippen LogP contribution in [0.3, 0.4) is 0 Å². The van der Waals surface area contributed by atoms with E-state index in [0.717, 1.165) is 0 Å². The second-order valence-electron chi connectivity index (χ2n) is 5.34. The maximum atomic E-state index is 12.3. The Hall–Kier alpha value is -3.54. The van der Waals surface area contributed by atoms with Crippen molar-refractivity contribution in [2.45, 2.75) is 12.8 Å². The number of methoxy groups -OCH3 is 3. The van der Waals surface area contributed by atoms with Gasteiger partial charge in [-0.2, -0.15) is 0 Å². The molecule has 2 aromatic rings. The van der Waals surface area contributed by atoms with Crippen LogP contribution in [0.25, 0.3) is 11.4 Å². The van der Waals surface area contributed by atoms with Crippen LogP contribution in [-0.4, -0.2) is 49.0 Å². The Morgan fingerprint density at radius 3 is 2.37 bits per heavy atom. The van der Waals surface area contributed by atoms with E-state index in [1.54, 1.807) is 12.1 Å². The van der Waals surface area contributed by atoms with Gasteiger partial charge in [0.1, 0.15) is 5.69 Å². The van der Waals surface area contributed by atoms with Gasteiger partial charge < -0.3 is 24.5 Å². The molecule has 142 valence electrons. The van der Waals surface area contributed by atoms with Crippen molar-refractivity contribution in [3.63, 3.8) is 0 Å². The highest BCUT2D eigenvalue weighted by molar-refractivity contribution is 5.76. The Morgan fingerprint density at radius 1 is 1.19 bits per heavy atom. The molecule has 0 aliphatic heterocycles. The number of aryl methyl sites for hydroxylation is 1. The number of amides is 1. The number of hydrogen-bond donors (Lipinski definition) is 2. The Labute approximate surface area is 156 Å². The highest BCUT2D eigenvalue weighted by atomic mass is 16.5. The minimum Gasteiger partial charge on any atom is -0.493 e. The van der Waals surface area contributed by atoms with E-state index in [1.807, 2.05) is 0 Å². The molecule has 27 heavy (non-hydrogen) atoms. The first-order valence-electron chi connectivity index (χ1n) is 8.00. The molecule has 2 N–H and O–H groups in total. The number of hydrogen-bond acceptors (Lipinski definition) is 7. The lowest BCUT2D eigenvalue weighted by molar-refractivity contribution is -0.120. The standard InChI is InChI=1S/C18H20N4O5/c1-5-8-19-15(23)7-6-12-18(24)20-17(22-21-12)11-9-13(25-2)16(27-4)14(10-11)26-3/h1,9-10H,6-8H2,2-4H3,(H,19,23)(H,20,22,24). The van der Waals surface area contributed by atoms with Gasteiger partial charge in [-0.25, -0.2) is 0 Å². The number of aromatic nitrogens is 3. The van der Waals surface area contributed by atoms with Crippen molar-refractivity contribution in [1.82, 2.24) is 20.5 Å². The zero-order valence-corrected chi connectivity index (χ0v) is 15.3. The second-order valence-corrected chi connectivity index (χ2v) is 5.34. The van der Waals surface area contributed by atoms with Crippen LogP contribution in [0, 0.1) is 12.3 Å². The number of nitrogens with zero attached hydrogens (tertiary/aromatic N) is 2. The van der Waals surface area contributed by atoms with E-state index in [-0.39, 0.29) is 36.8 Å². The second kappa shape index (κ2) is 9.24. The largest absolute Gasteiger partial charge is 0.493 e. The van der Waals surface area contributed by atoms with Crippen LogP contribution in [0.2, 0.25) is 0 Å². The number of ether oxygens (including phenoxy) is 3. The number of rotatable bonds is 8. The molecule has 1 aromatic heterocycles. The molecule has 0 aliphatic rings. The van der Waals surface area contributed by atoms with Gasteiger partial charge in [-0.05, 0) is 12.1 Å². The van der Waals surface area contributed by atoms with Crippen molar-refractivity contribution in [3.8, 4) is 41.0 Å². The number of carbonyl (C=O) groups excluding carboxylic acids is 1. The average Bonchev–Trinajstić information content (AvgIpc) is 2.69. The van der Waals surface area contributed by atoms with Gasteiger partial charge in [-0.15, -0.1) is 16.6 Å². The van der Waals surface area contributed by atoms with Crippen LogP contribution in [-0.2, 0) is 11.2 Å². The van der Waals surface area contributed by atoms with Crippen LogP contribution >= 0.6 is 0 Å². The van der Waals surface area contributed by atoms with Crippen molar-refractivity contribution >= 4 is 5.91 Å². The molecule has 0 unspecified atom stereocenters. The first kappa shape index (κ1) is 19.8. The van der Waals surface area contributed by atoms with Gasteiger partial charge in [0.15, 0.2) is 17.3 Å². The van der Waals surface area contributed by atoms with Gasteiger partial charge in [0.05, 0.1) is 27.9 Å². The smallest absolute Gasteiger partial charge is 0.273 e. The third-order valence-electron chi connectivity index (χ3n) is 3.68. The predicted octanol–water partition coefficient (Wildman–Crippen LogP) is 0.540. The molecular weight excluding hydrogens is 352 g/mol. The van der Waals surface area contributed by atoms with Gasteiger partial charge in [0.25, 0.3) is 5.56 Å².